The maximum Gasteiger partial charge on any atom is 0.257 e. The largest absolute Gasteiger partial charge is 0.488 e. The van der Waals surface area contributed by atoms with Gasteiger partial charge in [-0.3, -0.25) is 10.2 Å². The maximum absolute atomic E-state index is 13.1. The summed E-state index contributed by atoms with van der Waals surface area (Å²) in [5.41, 5.74) is 3.64. The average molecular weight is 412 g/mol. The zero-order valence-electron chi connectivity index (χ0n) is 11.6. The first-order chi connectivity index (χ1) is 10.6. The second-order valence-corrected chi connectivity index (χ2v) is 5.61. The summed E-state index contributed by atoms with van der Waals surface area (Å²) < 4.78 is 19.7. The van der Waals surface area contributed by atoms with Crippen LogP contribution in [0.1, 0.15) is 11.1 Å². The molecule has 3 N–H and O–H groups in total. The Morgan fingerprint density at radius 1 is 1.32 bits per heavy atom. The van der Waals surface area contributed by atoms with E-state index in [0.717, 1.165) is 14.7 Å². The van der Waals surface area contributed by atoms with Crippen molar-refractivity contribution in [1.82, 2.24) is 5.43 Å². The van der Waals surface area contributed by atoms with Crippen LogP contribution >= 0.6 is 22.6 Å². The number of ether oxygens (including phenoxy) is 1. The quantitative estimate of drug-likeness (QED) is 0.261. The molecular formula is C16H14FIN2O2. The number of carbonyl (C=O) groups is 1. The Balaban J connectivity index is 2.03. The summed E-state index contributed by atoms with van der Waals surface area (Å²) >= 11 is 2.14. The van der Waals surface area contributed by atoms with Gasteiger partial charge in [0.25, 0.3) is 5.91 Å². The van der Waals surface area contributed by atoms with Crippen molar-refractivity contribution >= 4 is 34.6 Å². The molecule has 0 unspecified atom stereocenters. The monoisotopic (exact) mass is 412 g/mol. The Morgan fingerprint density at radius 3 is 2.82 bits per heavy atom. The first-order valence-electron chi connectivity index (χ1n) is 6.44. The van der Waals surface area contributed by atoms with Gasteiger partial charge in [0.05, 0.1) is 3.57 Å². The summed E-state index contributed by atoms with van der Waals surface area (Å²) in [6.45, 7) is 0.290. The topological polar surface area (TPSA) is 64.3 Å². The molecule has 0 heterocycles. The van der Waals surface area contributed by atoms with Gasteiger partial charge >= 0.3 is 0 Å². The van der Waals surface area contributed by atoms with Gasteiger partial charge in [0.15, 0.2) is 0 Å². The molecule has 0 aromatic heterocycles. The number of halogens is 2. The molecule has 2 rings (SSSR count). The van der Waals surface area contributed by atoms with Gasteiger partial charge in [-0.25, -0.2) is 10.2 Å². The van der Waals surface area contributed by atoms with E-state index in [1.54, 1.807) is 24.3 Å². The number of nitrogens with two attached hydrogens (primary N) is 1. The van der Waals surface area contributed by atoms with Gasteiger partial charge in [-0.15, -0.1) is 0 Å². The van der Waals surface area contributed by atoms with Gasteiger partial charge in [-0.2, -0.15) is 0 Å². The van der Waals surface area contributed by atoms with Gasteiger partial charge in [0.1, 0.15) is 18.2 Å². The van der Waals surface area contributed by atoms with Crippen LogP contribution in [0.5, 0.6) is 5.75 Å². The molecule has 114 valence electrons. The Morgan fingerprint density at radius 2 is 2.14 bits per heavy atom. The van der Waals surface area contributed by atoms with Crippen LogP contribution in [0.15, 0.2) is 48.5 Å². The predicted octanol–water partition coefficient (Wildman–Crippen LogP) is 3.01. The van der Waals surface area contributed by atoms with Crippen LogP contribution in [0.4, 0.5) is 4.39 Å². The van der Waals surface area contributed by atoms with Gasteiger partial charge in [-0.05, 0) is 64.1 Å². The van der Waals surface area contributed by atoms with E-state index in [2.05, 4.69) is 22.6 Å². The second-order valence-electron chi connectivity index (χ2n) is 4.45. The first kappa shape index (κ1) is 16.4. The van der Waals surface area contributed by atoms with E-state index < -0.39 is 0 Å². The van der Waals surface area contributed by atoms with Crippen LogP contribution in [-0.4, -0.2) is 5.91 Å². The Bertz CT molecular complexity index is 704. The fraction of sp³-hybridized carbons (Fsp3) is 0.0625. The fourth-order valence-electron chi connectivity index (χ4n) is 1.75. The third-order valence-electron chi connectivity index (χ3n) is 2.81. The van der Waals surface area contributed by atoms with E-state index in [1.807, 2.05) is 17.6 Å². The third-order valence-corrected chi connectivity index (χ3v) is 3.65. The number of hydrazine groups is 1. The van der Waals surface area contributed by atoms with Crippen molar-refractivity contribution in [2.24, 2.45) is 5.84 Å². The van der Waals surface area contributed by atoms with Crippen molar-refractivity contribution in [3.8, 4) is 5.75 Å². The van der Waals surface area contributed by atoms with Crippen molar-refractivity contribution in [2.75, 3.05) is 0 Å². The van der Waals surface area contributed by atoms with Crippen LogP contribution < -0.4 is 16.0 Å². The third kappa shape index (κ3) is 4.81. The molecule has 2 aromatic carbocycles. The van der Waals surface area contributed by atoms with Crippen LogP contribution in [0, 0.1) is 9.39 Å². The van der Waals surface area contributed by atoms with Crippen LogP contribution in [0.3, 0.4) is 0 Å². The molecule has 0 aliphatic heterocycles. The van der Waals surface area contributed by atoms with Crippen molar-refractivity contribution in [3.05, 3.63) is 69.1 Å². The standard InChI is InChI=1S/C16H14FIN2O2/c17-13-3-1-2-12(8-13)10-22-15-6-4-11(9-14(15)18)5-7-16(21)20-19/h1-9H,10,19H2,(H,20,21)/b7-5+. The average Bonchev–Trinajstić information content (AvgIpc) is 2.51. The summed E-state index contributed by atoms with van der Waals surface area (Å²) in [5, 5.41) is 0. The number of rotatable bonds is 5. The van der Waals surface area contributed by atoms with Crippen molar-refractivity contribution in [1.29, 1.82) is 0 Å². The van der Waals surface area contributed by atoms with Crippen molar-refractivity contribution in [3.63, 3.8) is 0 Å². The summed E-state index contributed by atoms with van der Waals surface area (Å²) in [6.07, 6.45) is 3.00. The van der Waals surface area contributed by atoms with Crippen molar-refractivity contribution < 1.29 is 13.9 Å². The number of hydrogen-bond donors (Lipinski definition) is 2. The minimum atomic E-state index is -0.374. The van der Waals surface area contributed by atoms with Crippen LogP contribution in [0.2, 0.25) is 0 Å². The fourth-order valence-corrected chi connectivity index (χ4v) is 2.44. The Kier molecular flexibility index (Phi) is 5.91. The molecule has 6 heteroatoms. The number of carbonyl (C=O) groups excluding carboxylic acids is 1. The number of hydrogen-bond acceptors (Lipinski definition) is 3. The molecule has 0 aliphatic rings. The number of benzene rings is 2. The minimum Gasteiger partial charge on any atom is -0.488 e. The lowest BCUT2D eigenvalue weighted by atomic mass is 10.2. The van der Waals surface area contributed by atoms with E-state index in [9.17, 15) is 9.18 Å². The highest BCUT2D eigenvalue weighted by Gasteiger charge is 2.03. The SMILES string of the molecule is NNC(=O)/C=C/c1ccc(OCc2cccc(F)c2)c(I)c1. The molecular weight excluding hydrogens is 398 g/mol. The molecule has 0 atom stereocenters. The summed E-state index contributed by atoms with van der Waals surface area (Å²) in [5.74, 6) is 5.04. The lowest BCUT2D eigenvalue weighted by Gasteiger charge is -2.09. The molecule has 4 nitrogen and oxygen atoms in total. The highest BCUT2D eigenvalue weighted by Crippen LogP contribution is 2.23. The van der Waals surface area contributed by atoms with Crippen LogP contribution in [0.25, 0.3) is 6.08 Å². The number of nitrogens with one attached hydrogen (secondary N) is 1. The lowest BCUT2D eigenvalue weighted by molar-refractivity contribution is -0.116. The van der Waals surface area contributed by atoms with E-state index in [-0.39, 0.29) is 11.7 Å². The molecule has 0 saturated carbocycles. The van der Waals surface area contributed by atoms with Gasteiger partial charge < -0.3 is 4.74 Å². The first-order valence-corrected chi connectivity index (χ1v) is 7.52. The zero-order chi connectivity index (χ0) is 15.9. The van der Waals surface area contributed by atoms with Crippen molar-refractivity contribution in [2.45, 2.75) is 6.61 Å². The lowest BCUT2D eigenvalue weighted by Crippen LogP contribution is -2.27. The molecule has 22 heavy (non-hydrogen) atoms. The summed E-state index contributed by atoms with van der Waals surface area (Å²) in [6, 6.07) is 11.8. The molecule has 2 aromatic rings. The van der Waals surface area contributed by atoms with E-state index in [0.29, 0.717) is 12.4 Å². The highest BCUT2D eigenvalue weighted by molar-refractivity contribution is 14.1. The molecule has 0 bridgehead atoms. The maximum atomic E-state index is 13.1. The van der Waals surface area contributed by atoms with Gasteiger partial charge in [0.2, 0.25) is 0 Å². The molecule has 0 spiro atoms. The Hall–Kier alpha value is -1.93. The van der Waals surface area contributed by atoms with E-state index in [4.69, 9.17) is 10.6 Å². The second kappa shape index (κ2) is 7.90. The van der Waals surface area contributed by atoms with E-state index >= 15 is 0 Å². The van der Waals surface area contributed by atoms with Gasteiger partial charge in [0, 0.05) is 6.08 Å². The normalized spacial score (nSPS) is 10.7. The highest BCUT2D eigenvalue weighted by atomic mass is 127. The summed E-state index contributed by atoms with van der Waals surface area (Å²) in [7, 11) is 0. The Labute approximate surface area is 141 Å². The molecule has 0 saturated heterocycles. The predicted molar refractivity (Wildman–Crippen MR) is 91.3 cm³/mol. The minimum absolute atomic E-state index is 0.283. The zero-order valence-corrected chi connectivity index (χ0v) is 13.7. The molecule has 0 aliphatic carbocycles. The molecule has 1 amide bonds. The summed E-state index contributed by atoms with van der Waals surface area (Å²) in [4.78, 5) is 11.0. The van der Waals surface area contributed by atoms with Crippen LogP contribution in [-0.2, 0) is 11.4 Å². The molecule has 0 radical (unpaired) electrons. The molecule has 0 fully saturated rings. The van der Waals surface area contributed by atoms with E-state index in [1.165, 1.54) is 18.2 Å². The number of amides is 1. The van der Waals surface area contributed by atoms with Gasteiger partial charge in [-0.1, -0.05) is 18.2 Å². The smallest absolute Gasteiger partial charge is 0.257 e.